The number of nitrogens with zero attached hydrogens (tertiary/aromatic N) is 2. The zero-order chi connectivity index (χ0) is 11.4. The Labute approximate surface area is 98.0 Å². The van der Waals surface area contributed by atoms with Crippen LogP contribution in [0.4, 0.5) is 0 Å². The number of carbonyl (C=O) groups excluding carboxylic acids is 2. The van der Waals surface area contributed by atoms with E-state index in [1.165, 1.54) is 6.08 Å². The molecule has 0 aliphatic heterocycles. The van der Waals surface area contributed by atoms with Crippen LogP contribution < -0.4 is 0 Å². The Kier molecular flexibility index (Phi) is 11.1. The van der Waals surface area contributed by atoms with Crippen LogP contribution in [0.5, 0.6) is 0 Å². The van der Waals surface area contributed by atoms with Crippen LogP contribution in [0.25, 0.3) is 0 Å². The molecule has 0 aliphatic rings. The maximum atomic E-state index is 9.90. The zero-order valence-corrected chi connectivity index (χ0v) is 10.3. The van der Waals surface area contributed by atoms with Gasteiger partial charge in [-0.15, -0.1) is 11.8 Å². The highest BCUT2D eigenvalue weighted by Crippen LogP contribution is 2.13. The molecule has 0 radical (unpaired) electrons. The zero-order valence-electron chi connectivity index (χ0n) is 8.64. The van der Waals surface area contributed by atoms with E-state index in [0.717, 1.165) is 23.7 Å². The molecule has 0 fully saturated rings. The molecule has 0 saturated carbocycles. The van der Waals surface area contributed by atoms with Gasteiger partial charge < -0.3 is 0 Å². The summed E-state index contributed by atoms with van der Waals surface area (Å²) in [4.78, 5) is 26.7. The van der Waals surface area contributed by atoms with Gasteiger partial charge >= 0.3 is 0 Å². The summed E-state index contributed by atoms with van der Waals surface area (Å²) in [6, 6.07) is 0. The summed E-state index contributed by atoms with van der Waals surface area (Å²) in [5.41, 5.74) is 0. The first kappa shape index (κ1) is 14.5. The molecule has 1 unspecified atom stereocenters. The van der Waals surface area contributed by atoms with Crippen LogP contribution in [0.15, 0.2) is 9.98 Å². The van der Waals surface area contributed by atoms with Crippen LogP contribution in [0.1, 0.15) is 13.3 Å². The van der Waals surface area contributed by atoms with E-state index in [1.807, 2.05) is 18.7 Å². The molecule has 0 saturated heterocycles. The van der Waals surface area contributed by atoms with E-state index in [2.05, 4.69) is 9.98 Å². The lowest BCUT2D eigenvalue weighted by molar-refractivity contribution is 0.562. The monoisotopic (exact) mass is 246 g/mol. The van der Waals surface area contributed by atoms with Crippen molar-refractivity contribution >= 4 is 35.7 Å². The molecule has 0 aliphatic carbocycles. The van der Waals surface area contributed by atoms with Crippen molar-refractivity contribution in [1.82, 2.24) is 0 Å². The minimum atomic E-state index is 0.00256. The van der Waals surface area contributed by atoms with Gasteiger partial charge in [0.25, 0.3) is 0 Å². The standard InChI is InChI=1S/C9H14N2O2S2/c1-9(11-8-13)15-6-5-14-4-2-3-10-7-12/h9H,2-6H2,1H3. The number of aliphatic imine (C=N–C) groups is 2. The average Bonchev–Trinajstić information content (AvgIpc) is 2.22. The van der Waals surface area contributed by atoms with E-state index < -0.39 is 0 Å². The lowest BCUT2D eigenvalue weighted by atomic mass is 10.5. The van der Waals surface area contributed by atoms with E-state index in [1.54, 1.807) is 17.8 Å². The predicted molar refractivity (Wildman–Crippen MR) is 65.0 cm³/mol. The van der Waals surface area contributed by atoms with Gasteiger partial charge in [0.15, 0.2) is 0 Å². The van der Waals surface area contributed by atoms with E-state index in [0.29, 0.717) is 6.54 Å². The Balaban J connectivity index is 3.17. The van der Waals surface area contributed by atoms with Gasteiger partial charge in [-0.1, -0.05) is 0 Å². The molecule has 1 atom stereocenters. The van der Waals surface area contributed by atoms with Crippen LogP contribution in [-0.2, 0) is 9.59 Å². The van der Waals surface area contributed by atoms with E-state index >= 15 is 0 Å². The summed E-state index contributed by atoms with van der Waals surface area (Å²) in [7, 11) is 0. The number of hydrogen-bond acceptors (Lipinski definition) is 6. The van der Waals surface area contributed by atoms with Crippen molar-refractivity contribution in [3.05, 3.63) is 0 Å². The van der Waals surface area contributed by atoms with Crippen LogP contribution in [0.2, 0.25) is 0 Å². The highest BCUT2D eigenvalue weighted by Gasteiger charge is 1.98. The second kappa shape index (κ2) is 11.5. The molecular formula is C9H14N2O2S2. The van der Waals surface area contributed by atoms with Gasteiger partial charge in [0.1, 0.15) is 5.37 Å². The average molecular weight is 246 g/mol. The topological polar surface area (TPSA) is 58.9 Å². The van der Waals surface area contributed by atoms with Crippen molar-refractivity contribution in [3.63, 3.8) is 0 Å². The largest absolute Gasteiger partial charge is 0.236 e. The molecule has 0 bridgehead atoms. The first-order valence-electron chi connectivity index (χ1n) is 4.61. The van der Waals surface area contributed by atoms with Gasteiger partial charge in [0, 0.05) is 11.5 Å². The van der Waals surface area contributed by atoms with Gasteiger partial charge in [-0.25, -0.2) is 14.6 Å². The molecule has 0 aromatic rings. The van der Waals surface area contributed by atoms with Crippen LogP contribution in [0, 0.1) is 0 Å². The second-order valence-corrected chi connectivity index (χ2v) is 5.28. The maximum Gasteiger partial charge on any atom is 0.236 e. The van der Waals surface area contributed by atoms with E-state index in [4.69, 9.17) is 0 Å². The Morgan fingerprint density at radius 3 is 2.67 bits per heavy atom. The molecule has 0 heterocycles. The third kappa shape index (κ3) is 11.4. The Hall–Kier alpha value is -0.540. The second-order valence-electron chi connectivity index (χ2n) is 2.63. The van der Waals surface area contributed by atoms with Gasteiger partial charge in [-0.3, -0.25) is 0 Å². The third-order valence-electron chi connectivity index (χ3n) is 1.44. The normalized spacial score (nSPS) is 11.3. The lowest BCUT2D eigenvalue weighted by Gasteiger charge is -2.03. The molecule has 4 nitrogen and oxygen atoms in total. The molecule has 0 amide bonds. The SMILES string of the molecule is CC(N=C=O)SCCSCCCN=C=O. The molecule has 84 valence electrons. The molecule has 0 aromatic heterocycles. The summed E-state index contributed by atoms with van der Waals surface area (Å²) in [5.74, 6) is 2.99. The van der Waals surface area contributed by atoms with Gasteiger partial charge in [-0.05, 0) is 19.1 Å². The summed E-state index contributed by atoms with van der Waals surface area (Å²) in [6.45, 7) is 2.44. The van der Waals surface area contributed by atoms with Crippen LogP contribution in [-0.4, -0.2) is 41.3 Å². The van der Waals surface area contributed by atoms with Crippen molar-refractivity contribution in [2.24, 2.45) is 9.98 Å². The van der Waals surface area contributed by atoms with Crippen LogP contribution in [0.3, 0.4) is 0 Å². The molecular weight excluding hydrogens is 232 g/mol. The minimum Gasteiger partial charge on any atom is -0.211 e. The fraction of sp³-hybridized carbons (Fsp3) is 0.778. The lowest BCUT2D eigenvalue weighted by Crippen LogP contribution is -1.95. The highest BCUT2D eigenvalue weighted by molar-refractivity contribution is 8.03. The Bertz CT molecular complexity index is 248. The molecule has 0 aromatic carbocycles. The summed E-state index contributed by atoms with van der Waals surface area (Å²) in [6.07, 6.45) is 3.96. The number of hydrogen-bond donors (Lipinski definition) is 0. The molecule has 15 heavy (non-hydrogen) atoms. The number of thioether (sulfide) groups is 2. The van der Waals surface area contributed by atoms with Crippen molar-refractivity contribution in [2.45, 2.75) is 18.7 Å². The molecule has 0 rings (SSSR count). The van der Waals surface area contributed by atoms with E-state index in [-0.39, 0.29) is 5.37 Å². The first-order valence-corrected chi connectivity index (χ1v) is 6.81. The van der Waals surface area contributed by atoms with Gasteiger partial charge in [0.2, 0.25) is 12.2 Å². The quantitative estimate of drug-likeness (QED) is 0.354. The van der Waals surface area contributed by atoms with E-state index in [9.17, 15) is 9.59 Å². The number of isocyanates is 2. The summed E-state index contributed by atoms with van der Waals surface area (Å²) in [5, 5.41) is 0.00256. The fourth-order valence-corrected chi connectivity index (χ4v) is 2.63. The Morgan fingerprint density at radius 1 is 1.20 bits per heavy atom. The third-order valence-corrected chi connectivity index (χ3v) is 3.80. The first-order chi connectivity index (χ1) is 7.31. The highest BCUT2D eigenvalue weighted by atomic mass is 32.2. The minimum absolute atomic E-state index is 0.00256. The van der Waals surface area contributed by atoms with Gasteiger partial charge in [-0.2, -0.15) is 16.8 Å². The van der Waals surface area contributed by atoms with Crippen molar-refractivity contribution in [2.75, 3.05) is 23.8 Å². The molecule has 0 spiro atoms. The smallest absolute Gasteiger partial charge is 0.211 e. The fourth-order valence-electron chi connectivity index (χ4n) is 0.782. The molecule has 6 heteroatoms. The van der Waals surface area contributed by atoms with Crippen LogP contribution >= 0.6 is 23.5 Å². The predicted octanol–water partition coefficient (Wildman–Crippen LogP) is 1.86. The Morgan fingerprint density at radius 2 is 2.00 bits per heavy atom. The van der Waals surface area contributed by atoms with Crippen molar-refractivity contribution in [3.8, 4) is 0 Å². The maximum absolute atomic E-state index is 9.90. The number of rotatable bonds is 9. The summed E-state index contributed by atoms with van der Waals surface area (Å²) < 4.78 is 0. The van der Waals surface area contributed by atoms with Crippen molar-refractivity contribution in [1.29, 1.82) is 0 Å². The summed E-state index contributed by atoms with van der Waals surface area (Å²) >= 11 is 3.45. The molecule has 0 N–H and O–H groups in total. The van der Waals surface area contributed by atoms with Crippen molar-refractivity contribution < 1.29 is 9.59 Å². The van der Waals surface area contributed by atoms with Gasteiger partial charge in [0.05, 0.1) is 6.54 Å².